The predicted octanol–water partition coefficient (Wildman–Crippen LogP) is 2.54. The summed E-state index contributed by atoms with van der Waals surface area (Å²) in [5, 5.41) is 2.63. The molecule has 0 spiro atoms. The molecule has 1 amide bonds. The van der Waals surface area contributed by atoms with Gasteiger partial charge in [0.1, 0.15) is 12.4 Å². The Morgan fingerprint density at radius 1 is 1.17 bits per heavy atom. The summed E-state index contributed by atoms with van der Waals surface area (Å²) in [4.78, 5) is 12.1. The summed E-state index contributed by atoms with van der Waals surface area (Å²) in [5.41, 5.74) is 1.64. The van der Waals surface area contributed by atoms with Crippen LogP contribution in [0.25, 0.3) is 0 Å². The largest absolute Gasteiger partial charge is 0.325 e. The number of nitrogens with zero attached hydrogens (tertiary/aromatic N) is 1. The predicted molar refractivity (Wildman–Crippen MR) is 88.4 cm³/mol. The molecule has 0 saturated heterocycles. The average molecular weight is 336 g/mol. The molecule has 0 radical (unpaired) electrons. The molecule has 0 fully saturated rings. The quantitative estimate of drug-likeness (QED) is 0.912. The number of hydrogen-bond donors (Lipinski definition) is 1. The highest BCUT2D eigenvalue weighted by Crippen LogP contribution is 2.19. The van der Waals surface area contributed by atoms with Gasteiger partial charge in [-0.25, -0.2) is 12.8 Å². The molecule has 0 saturated carbocycles. The number of carbonyl (C=O) groups is 1. The highest BCUT2D eigenvalue weighted by molar-refractivity contribution is 7.92. The van der Waals surface area contributed by atoms with Gasteiger partial charge in [-0.15, -0.1) is 0 Å². The molecule has 0 aliphatic carbocycles. The molecule has 0 aliphatic rings. The fraction of sp³-hybridized carbons (Fsp3) is 0.188. The van der Waals surface area contributed by atoms with Crippen LogP contribution >= 0.6 is 0 Å². The second-order valence-corrected chi connectivity index (χ2v) is 7.07. The van der Waals surface area contributed by atoms with E-state index in [0.29, 0.717) is 5.69 Å². The van der Waals surface area contributed by atoms with Crippen LogP contribution in [0.2, 0.25) is 0 Å². The monoisotopic (exact) mass is 336 g/mol. The van der Waals surface area contributed by atoms with E-state index >= 15 is 0 Å². The zero-order valence-electron chi connectivity index (χ0n) is 12.8. The summed E-state index contributed by atoms with van der Waals surface area (Å²) in [6.07, 6.45) is 0.970. The number of anilines is 2. The van der Waals surface area contributed by atoms with Gasteiger partial charge in [0.2, 0.25) is 15.9 Å². The van der Waals surface area contributed by atoms with Crippen LogP contribution in [0.4, 0.5) is 15.8 Å². The molecule has 7 heteroatoms. The van der Waals surface area contributed by atoms with Gasteiger partial charge in [0.15, 0.2) is 0 Å². The second kappa shape index (κ2) is 6.78. The normalized spacial score (nSPS) is 11.1. The van der Waals surface area contributed by atoms with Crippen molar-refractivity contribution in [3.8, 4) is 0 Å². The van der Waals surface area contributed by atoms with E-state index in [9.17, 15) is 17.6 Å². The first-order valence-electron chi connectivity index (χ1n) is 6.85. The van der Waals surface area contributed by atoms with Crippen molar-refractivity contribution in [2.45, 2.75) is 6.92 Å². The van der Waals surface area contributed by atoms with Gasteiger partial charge in [-0.05, 0) is 42.8 Å². The zero-order valence-corrected chi connectivity index (χ0v) is 13.6. The third kappa shape index (κ3) is 4.79. The maximum Gasteiger partial charge on any atom is 0.245 e. The molecule has 0 heterocycles. The smallest absolute Gasteiger partial charge is 0.245 e. The van der Waals surface area contributed by atoms with Gasteiger partial charge in [-0.2, -0.15) is 0 Å². The van der Waals surface area contributed by atoms with E-state index in [1.165, 1.54) is 18.2 Å². The lowest BCUT2D eigenvalue weighted by Crippen LogP contribution is -2.37. The molecular weight excluding hydrogens is 319 g/mol. The van der Waals surface area contributed by atoms with Crippen molar-refractivity contribution in [2.75, 3.05) is 22.4 Å². The SMILES string of the molecule is Cc1cccc(NC(=O)CN(c2cccc(F)c2)S(C)(=O)=O)c1. The van der Waals surface area contributed by atoms with Crippen molar-refractivity contribution in [1.82, 2.24) is 0 Å². The Bertz CT molecular complexity index is 822. The molecule has 0 aromatic heterocycles. The Labute approximate surface area is 134 Å². The maximum atomic E-state index is 13.3. The summed E-state index contributed by atoms with van der Waals surface area (Å²) < 4.78 is 38.0. The van der Waals surface area contributed by atoms with E-state index in [4.69, 9.17) is 0 Å². The van der Waals surface area contributed by atoms with Crippen LogP contribution in [0.1, 0.15) is 5.56 Å². The van der Waals surface area contributed by atoms with Gasteiger partial charge in [-0.1, -0.05) is 18.2 Å². The molecule has 0 unspecified atom stereocenters. The van der Waals surface area contributed by atoms with Crippen molar-refractivity contribution in [3.63, 3.8) is 0 Å². The van der Waals surface area contributed by atoms with Gasteiger partial charge >= 0.3 is 0 Å². The minimum atomic E-state index is -3.72. The van der Waals surface area contributed by atoms with Gasteiger partial charge in [-0.3, -0.25) is 9.10 Å². The number of sulfonamides is 1. The van der Waals surface area contributed by atoms with Crippen molar-refractivity contribution < 1.29 is 17.6 Å². The van der Waals surface area contributed by atoms with E-state index in [2.05, 4.69) is 5.32 Å². The van der Waals surface area contributed by atoms with Crippen LogP contribution in [0.3, 0.4) is 0 Å². The number of halogens is 1. The lowest BCUT2D eigenvalue weighted by atomic mass is 10.2. The molecule has 0 aliphatic heterocycles. The average Bonchev–Trinajstić information content (AvgIpc) is 2.43. The van der Waals surface area contributed by atoms with Crippen molar-refractivity contribution in [2.24, 2.45) is 0 Å². The van der Waals surface area contributed by atoms with E-state index in [-0.39, 0.29) is 5.69 Å². The molecule has 0 atom stereocenters. The van der Waals surface area contributed by atoms with Crippen LogP contribution < -0.4 is 9.62 Å². The first kappa shape index (κ1) is 17.0. The molecular formula is C16H17FN2O3S. The van der Waals surface area contributed by atoms with Crippen LogP contribution in [0, 0.1) is 12.7 Å². The number of nitrogens with one attached hydrogen (secondary N) is 1. The lowest BCUT2D eigenvalue weighted by molar-refractivity contribution is -0.114. The lowest BCUT2D eigenvalue weighted by Gasteiger charge is -2.22. The third-order valence-electron chi connectivity index (χ3n) is 3.09. The summed E-state index contributed by atoms with van der Waals surface area (Å²) in [5.74, 6) is -1.08. The molecule has 23 heavy (non-hydrogen) atoms. The molecule has 2 aromatic rings. The van der Waals surface area contributed by atoms with Crippen LogP contribution in [0.15, 0.2) is 48.5 Å². The second-order valence-electron chi connectivity index (χ2n) is 5.17. The summed E-state index contributed by atoms with van der Waals surface area (Å²) in [7, 11) is -3.72. The molecule has 1 N–H and O–H groups in total. The first-order valence-corrected chi connectivity index (χ1v) is 8.70. The fourth-order valence-electron chi connectivity index (χ4n) is 2.09. The number of carbonyl (C=O) groups excluding carboxylic acids is 1. The minimum Gasteiger partial charge on any atom is -0.325 e. The molecule has 5 nitrogen and oxygen atoms in total. The van der Waals surface area contributed by atoms with Gasteiger partial charge < -0.3 is 5.32 Å². The van der Waals surface area contributed by atoms with E-state index in [1.807, 2.05) is 13.0 Å². The molecule has 2 rings (SSSR count). The Hall–Kier alpha value is -2.41. The topological polar surface area (TPSA) is 66.5 Å². The number of hydrogen-bond acceptors (Lipinski definition) is 3. The molecule has 0 bridgehead atoms. The van der Waals surface area contributed by atoms with Crippen molar-refractivity contribution in [1.29, 1.82) is 0 Å². The van der Waals surface area contributed by atoms with E-state index in [0.717, 1.165) is 22.2 Å². The fourth-order valence-corrected chi connectivity index (χ4v) is 2.93. The molecule has 122 valence electrons. The molecule has 2 aromatic carbocycles. The van der Waals surface area contributed by atoms with E-state index in [1.54, 1.807) is 18.2 Å². The van der Waals surface area contributed by atoms with E-state index < -0.39 is 28.3 Å². The number of amides is 1. The van der Waals surface area contributed by atoms with Crippen LogP contribution in [-0.4, -0.2) is 27.1 Å². The highest BCUT2D eigenvalue weighted by Gasteiger charge is 2.21. The Balaban J connectivity index is 2.20. The Morgan fingerprint density at radius 2 is 1.87 bits per heavy atom. The number of aryl methyl sites for hydroxylation is 1. The summed E-state index contributed by atoms with van der Waals surface area (Å²) in [6.45, 7) is 1.45. The van der Waals surface area contributed by atoms with Crippen LogP contribution in [-0.2, 0) is 14.8 Å². The standard InChI is InChI=1S/C16H17FN2O3S/c1-12-5-3-7-14(9-12)18-16(20)11-19(23(2,21)22)15-8-4-6-13(17)10-15/h3-10H,11H2,1-2H3,(H,18,20). The van der Waals surface area contributed by atoms with Gasteiger partial charge in [0, 0.05) is 5.69 Å². The summed E-state index contributed by atoms with van der Waals surface area (Å²) in [6, 6.07) is 12.2. The third-order valence-corrected chi connectivity index (χ3v) is 4.23. The summed E-state index contributed by atoms with van der Waals surface area (Å²) >= 11 is 0. The van der Waals surface area contributed by atoms with Gasteiger partial charge in [0.05, 0.1) is 11.9 Å². The number of rotatable bonds is 5. The van der Waals surface area contributed by atoms with Crippen molar-refractivity contribution in [3.05, 3.63) is 59.9 Å². The maximum absolute atomic E-state index is 13.3. The van der Waals surface area contributed by atoms with Gasteiger partial charge in [0.25, 0.3) is 0 Å². The minimum absolute atomic E-state index is 0.104. The number of benzene rings is 2. The highest BCUT2D eigenvalue weighted by atomic mass is 32.2. The Kier molecular flexibility index (Phi) is 5.00. The van der Waals surface area contributed by atoms with Crippen molar-refractivity contribution >= 4 is 27.3 Å². The van der Waals surface area contributed by atoms with Crippen LogP contribution in [0.5, 0.6) is 0 Å². The zero-order chi connectivity index (χ0) is 17.0. The Morgan fingerprint density at radius 3 is 2.48 bits per heavy atom. The first-order chi connectivity index (χ1) is 10.8.